The normalized spacial score (nSPS) is 11.8. The zero-order valence-corrected chi connectivity index (χ0v) is 14.3. The molecule has 1 aromatic carbocycles. The highest BCUT2D eigenvalue weighted by molar-refractivity contribution is 5.27. The van der Waals surface area contributed by atoms with E-state index < -0.39 is 17.4 Å². The molecular formula is C18H21N3O4. The van der Waals surface area contributed by atoms with Crippen LogP contribution in [0.5, 0.6) is 5.75 Å². The van der Waals surface area contributed by atoms with E-state index in [1.165, 1.54) is 16.3 Å². The molecule has 0 spiro atoms. The number of nitriles is 1. The molecule has 0 saturated carbocycles. The van der Waals surface area contributed by atoms with Crippen molar-refractivity contribution in [2.24, 2.45) is 0 Å². The maximum Gasteiger partial charge on any atom is 0.331 e. The monoisotopic (exact) mass is 343 g/mol. The number of aliphatic hydroxyl groups is 1. The lowest BCUT2D eigenvalue weighted by Gasteiger charge is -2.15. The molecule has 25 heavy (non-hydrogen) atoms. The maximum atomic E-state index is 12.2. The molecule has 0 amide bonds. The minimum atomic E-state index is -1.06. The Morgan fingerprint density at radius 2 is 1.92 bits per heavy atom. The predicted octanol–water partition coefficient (Wildman–Crippen LogP) is 0.904. The lowest BCUT2D eigenvalue weighted by molar-refractivity contribution is 0.0899. The summed E-state index contributed by atoms with van der Waals surface area (Å²) in [4.78, 5) is 24.4. The molecule has 0 aliphatic heterocycles. The van der Waals surface area contributed by atoms with Crippen LogP contribution in [-0.4, -0.2) is 27.0 Å². The molecule has 0 bridgehead atoms. The SMILES string of the molecule is CCc1ccc(OC[C@@H](O)Cn2c(=O)c(C#N)cn(CC)c2=O)cc1. The molecule has 2 rings (SSSR count). The van der Waals surface area contributed by atoms with Gasteiger partial charge in [-0.2, -0.15) is 5.26 Å². The lowest BCUT2D eigenvalue weighted by atomic mass is 10.2. The summed E-state index contributed by atoms with van der Waals surface area (Å²) in [6.07, 6.45) is 1.10. The Bertz CT molecular complexity index is 875. The molecule has 1 atom stereocenters. The number of aliphatic hydroxyl groups excluding tert-OH is 1. The molecular weight excluding hydrogens is 322 g/mol. The molecule has 2 aromatic rings. The first kappa shape index (κ1) is 18.5. The summed E-state index contributed by atoms with van der Waals surface area (Å²) in [6.45, 7) is 3.80. The number of hydrogen-bond acceptors (Lipinski definition) is 5. The fourth-order valence-corrected chi connectivity index (χ4v) is 2.40. The van der Waals surface area contributed by atoms with Crippen molar-refractivity contribution in [1.82, 2.24) is 9.13 Å². The average Bonchev–Trinajstić information content (AvgIpc) is 2.64. The first-order valence-corrected chi connectivity index (χ1v) is 8.14. The van der Waals surface area contributed by atoms with Gasteiger partial charge in [-0.15, -0.1) is 0 Å². The third kappa shape index (κ3) is 4.37. The van der Waals surface area contributed by atoms with Crippen molar-refractivity contribution in [3.8, 4) is 11.8 Å². The van der Waals surface area contributed by atoms with Gasteiger partial charge < -0.3 is 9.84 Å². The Hall–Kier alpha value is -2.85. The molecule has 0 unspecified atom stereocenters. The predicted molar refractivity (Wildman–Crippen MR) is 92.7 cm³/mol. The molecule has 1 heterocycles. The van der Waals surface area contributed by atoms with Crippen molar-refractivity contribution in [3.63, 3.8) is 0 Å². The summed E-state index contributed by atoms with van der Waals surface area (Å²) in [6, 6.07) is 9.25. The Labute approximate surface area is 145 Å². The second kappa shape index (κ2) is 8.31. The van der Waals surface area contributed by atoms with Crippen LogP contribution in [0.4, 0.5) is 0 Å². The smallest absolute Gasteiger partial charge is 0.331 e. The highest BCUT2D eigenvalue weighted by Gasteiger charge is 2.15. The Balaban J connectivity index is 2.12. The van der Waals surface area contributed by atoms with Gasteiger partial charge in [0.1, 0.15) is 30.1 Å². The minimum absolute atomic E-state index is 0.0692. The molecule has 0 saturated heterocycles. The summed E-state index contributed by atoms with van der Waals surface area (Å²) in [5, 5.41) is 19.1. The first-order valence-electron chi connectivity index (χ1n) is 8.14. The summed E-state index contributed by atoms with van der Waals surface area (Å²) >= 11 is 0. The van der Waals surface area contributed by atoms with E-state index in [0.29, 0.717) is 12.3 Å². The minimum Gasteiger partial charge on any atom is -0.491 e. The summed E-state index contributed by atoms with van der Waals surface area (Å²) < 4.78 is 7.63. The fraction of sp³-hybridized carbons (Fsp3) is 0.389. The number of benzene rings is 1. The van der Waals surface area contributed by atoms with Crippen molar-refractivity contribution >= 4 is 0 Å². The van der Waals surface area contributed by atoms with Crippen LogP contribution in [0.25, 0.3) is 0 Å². The van der Waals surface area contributed by atoms with Crippen LogP contribution in [0.15, 0.2) is 40.1 Å². The molecule has 0 radical (unpaired) electrons. The highest BCUT2D eigenvalue weighted by Crippen LogP contribution is 2.12. The van der Waals surface area contributed by atoms with Crippen LogP contribution < -0.4 is 16.0 Å². The van der Waals surface area contributed by atoms with Crippen molar-refractivity contribution in [2.45, 2.75) is 39.5 Å². The number of aromatic nitrogens is 2. The summed E-state index contributed by atoms with van der Waals surface area (Å²) in [5.74, 6) is 0.598. The average molecular weight is 343 g/mol. The van der Waals surface area contributed by atoms with Gasteiger partial charge in [0.05, 0.1) is 6.54 Å². The van der Waals surface area contributed by atoms with Gasteiger partial charge in [-0.05, 0) is 31.0 Å². The molecule has 0 fully saturated rings. The van der Waals surface area contributed by atoms with Crippen molar-refractivity contribution in [2.75, 3.05) is 6.61 Å². The second-order valence-corrected chi connectivity index (χ2v) is 5.60. The largest absolute Gasteiger partial charge is 0.491 e. The van der Waals surface area contributed by atoms with E-state index in [-0.39, 0.29) is 18.7 Å². The maximum absolute atomic E-state index is 12.2. The quantitative estimate of drug-likeness (QED) is 0.806. The molecule has 0 aliphatic carbocycles. The number of aryl methyl sites for hydroxylation is 2. The van der Waals surface area contributed by atoms with Crippen LogP contribution in [0.1, 0.15) is 25.0 Å². The number of rotatable bonds is 7. The Morgan fingerprint density at radius 3 is 2.48 bits per heavy atom. The number of ether oxygens (including phenoxy) is 1. The lowest BCUT2D eigenvalue weighted by Crippen LogP contribution is -2.44. The van der Waals surface area contributed by atoms with Crippen molar-refractivity contribution in [3.05, 3.63) is 62.4 Å². The van der Waals surface area contributed by atoms with E-state index in [1.54, 1.807) is 25.1 Å². The Morgan fingerprint density at radius 1 is 1.24 bits per heavy atom. The van der Waals surface area contributed by atoms with Gasteiger partial charge in [0.2, 0.25) is 0 Å². The van der Waals surface area contributed by atoms with Gasteiger partial charge >= 0.3 is 5.69 Å². The molecule has 1 N–H and O–H groups in total. The van der Waals surface area contributed by atoms with Gasteiger partial charge in [0.15, 0.2) is 0 Å². The second-order valence-electron chi connectivity index (χ2n) is 5.60. The van der Waals surface area contributed by atoms with Crippen molar-refractivity contribution < 1.29 is 9.84 Å². The summed E-state index contributed by atoms with van der Waals surface area (Å²) in [7, 11) is 0. The fourth-order valence-electron chi connectivity index (χ4n) is 2.40. The van der Waals surface area contributed by atoms with Crippen LogP contribution in [0, 0.1) is 11.3 Å². The molecule has 0 aliphatic rings. The van der Waals surface area contributed by atoms with E-state index in [4.69, 9.17) is 10.00 Å². The zero-order chi connectivity index (χ0) is 18.4. The van der Waals surface area contributed by atoms with E-state index >= 15 is 0 Å². The molecule has 7 heteroatoms. The van der Waals surface area contributed by atoms with Crippen molar-refractivity contribution in [1.29, 1.82) is 5.26 Å². The standard InChI is InChI=1S/C18H21N3O4/c1-3-13-5-7-16(8-6-13)25-12-15(22)11-21-17(23)14(9-19)10-20(4-2)18(21)24/h5-8,10,15,22H,3-4,11-12H2,1-2H3/t15-/m0/s1. The number of nitrogens with zero attached hydrogens (tertiary/aromatic N) is 3. The summed E-state index contributed by atoms with van der Waals surface area (Å²) in [5.41, 5.74) is -0.223. The van der Waals surface area contributed by atoms with Gasteiger partial charge in [-0.25, -0.2) is 4.79 Å². The topological polar surface area (TPSA) is 97.2 Å². The van der Waals surface area contributed by atoms with Gasteiger partial charge in [-0.3, -0.25) is 13.9 Å². The van der Waals surface area contributed by atoms with Crippen LogP contribution in [0.3, 0.4) is 0 Å². The molecule has 132 valence electrons. The van der Waals surface area contributed by atoms with E-state index in [0.717, 1.165) is 11.0 Å². The Kier molecular flexibility index (Phi) is 6.14. The van der Waals surface area contributed by atoms with E-state index in [2.05, 4.69) is 6.92 Å². The number of hydrogen-bond donors (Lipinski definition) is 1. The van der Waals surface area contributed by atoms with Gasteiger partial charge in [0, 0.05) is 12.7 Å². The zero-order valence-electron chi connectivity index (χ0n) is 14.3. The van der Waals surface area contributed by atoms with Crippen LogP contribution >= 0.6 is 0 Å². The van der Waals surface area contributed by atoms with Gasteiger partial charge in [0.25, 0.3) is 5.56 Å². The third-order valence-corrected chi connectivity index (χ3v) is 3.87. The van der Waals surface area contributed by atoms with Crippen LogP contribution in [0.2, 0.25) is 0 Å². The highest BCUT2D eigenvalue weighted by atomic mass is 16.5. The molecule has 7 nitrogen and oxygen atoms in total. The van der Waals surface area contributed by atoms with E-state index in [9.17, 15) is 14.7 Å². The third-order valence-electron chi connectivity index (χ3n) is 3.87. The van der Waals surface area contributed by atoms with Crippen LogP contribution in [-0.2, 0) is 19.5 Å². The molecule has 1 aromatic heterocycles. The van der Waals surface area contributed by atoms with E-state index in [1.807, 2.05) is 12.1 Å². The first-order chi connectivity index (χ1) is 12.0. The van der Waals surface area contributed by atoms with Gasteiger partial charge in [-0.1, -0.05) is 19.1 Å².